The Morgan fingerprint density at radius 3 is 2.60 bits per heavy atom. The molecule has 2 amide bonds. The minimum Gasteiger partial charge on any atom is -0.336 e. The van der Waals surface area contributed by atoms with Crippen molar-refractivity contribution in [2.45, 2.75) is 32.2 Å². The van der Waals surface area contributed by atoms with Gasteiger partial charge in [0.25, 0.3) is 0 Å². The summed E-state index contributed by atoms with van der Waals surface area (Å²) in [5.41, 5.74) is 5.09. The summed E-state index contributed by atoms with van der Waals surface area (Å²) in [7, 11) is 1.65. The second kappa shape index (κ2) is 9.76. The highest BCUT2D eigenvalue weighted by Gasteiger charge is 2.15. The molecule has 1 aromatic heterocycles. The standard InChI is InChI=1S/C24H27N3O2S/c1-5-18-10-6-7-12-20(18)25-21(28)14-27(4)23(29)15-30-22-13-17(3)19-11-8-9-16(2)24(19)26-22/h6-13H,5,14-15H2,1-4H3,(H,25,28). The molecule has 0 radical (unpaired) electrons. The number of nitrogens with one attached hydrogen (secondary N) is 1. The van der Waals surface area contributed by atoms with Crippen LogP contribution < -0.4 is 5.32 Å². The fourth-order valence-corrected chi connectivity index (χ4v) is 4.20. The van der Waals surface area contributed by atoms with Crippen molar-refractivity contribution in [3.8, 4) is 0 Å². The van der Waals surface area contributed by atoms with E-state index in [1.54, 1.807) is 7.05 Å². The Bertz CT molecular complexity index is 1080. The molecule has 5 nitrogen and oxygen atoms in total. The Hall–Kier alpha value is -2.86. The molecule has 1 N–H and O–H groups in total. The molecule has 0 saturated heterocycles. The van der Waals surface area contributed by atoms with Gasteiger partial charge in [-0.1, -0.05) is 55.1 Å². The van der Waals surface area contributed by atoms with Crippen LogP contribution in [0.4, 0.5) is 5.69 Å². The van der Waals surface area contributed by atoms with Crippen LogP contribution in [-0.4, -0.2) is 41.0 Å². The fourth-order valence-electron chi connectivity index (χ4n) is 3.29. The van der Waals surface area contributed by atoms with Crippen LogP contribution in [0.5, 0.6) is 0 Å². The highest BCUT2D eigenvalue weighted by atomic mass is 32.2. The molecule has 0 saturated carbocycles. The van der Waals surface area contributed by atoms with Gasteiger partial charge in [-0.25, -0.2) is 4.98 Å². The number of fused-ring (bicyclic) bond motifs is 1. The summed E-state index contributed by atoms with van der Waals surface area (Å²) >= 11 is 1.40. The zero-order valence-corrected chi connectivity index (χ0v) is 18.7. The number of anilines is 1. The Kier molecular flexibility index (Phi) is 7.11. The van der Waals surface area contributed by atoms with Gasteiger partial charge in [-0.05, 0) is 49.1 Å². The van der Waals surface area contributed by atoms with Crippen LogP contribution in [0.3, 0.4) is 0 Å². The topological polar surface area (TPSA) is 62.3 Å². The van der Waals surface area contributed by atoms with Crippen LogP contribution in [-0.2, 0) is 16.0 Å². The summed E-state index contributed by atoms with van der Waals surface area (Å²) in [5.74, 6) is -0.0746. The molecule has 156 valence electrons. The number of para-hydroxylation sites is 2. The molecule has 0 aliphatic rings. The number of pyridine rings is 1. The van der Waals surface area contributed by atoms with Crippen molar-refractivity contribution in [1.29, 1.82) is 0 Å². The average Bonchev–Trinajstić information content (AvgIpc) is 2.73. The molecule has 3 rings (SSSR count). The Balaban J connectivity index is 1.59. The molecule has 0 spiro atoms. The minimum absolute atomic E-state index is 0.0146. The van der Waals surface area contributed by atoms with Crippen molar-refractivity contribution in [2.75, 3.05) is 24.7 Å². The van der Waals surface area contributed by atoms with Gasteiger partial charge >= 0.3 is 0 Å². The maximum atomic E-state index is 12.5. The number of hydrogen-bond donors (Lipinski definition) is 1. The van der Waals surface area contributed by atoms with Crippen molar-refractivity contribution in [1.82, 2.24) is 9.88 Å². The SMILES string of the molecule is CCc1ccccc1NC(=O)CN(C)C(=O)CSc1cc(C)c2cccc(C)c2n1. The summed E-state index contributed by atoms with van der Waals surface area (Å²) in [6.07, 6.45) is 0.833. The molecule has 1 heterocycles. The predicted molar refractivity (Wildman–Crippen MR) is 124 cm³/mol. The summed E-state index contributed by atoms with van der Waals surface area (Å²) in [6.45, 7) is 6.15. The van der Waals surface area contributed by atoms with Crippen LogP contribution in [0.2, 0.25) is 0 Å². The third kappa shape index (κ3) is 5.19. The average molecular weight is 422 g/mol. The van der Waals surface area contributed by atoms with E-state index in [4.69, 9.17) is 4.98 Å². The van der Waals surface area contributed by atoms with Gasteiger partial charge < -0.3 is 10.2 Å². The van der Waals surface area contributed by atoms with Gasteiger partial charge in [0.2, 0.25) is 11.8 Å². The van der Waals surface area contributed by atoms with Gasteiger partial charge in [0.05, 0.1) is 22.8 Å². The molecule has 0 aliphatic heterocycles. The Morgan fingerprint density at radius 2 is 1.83 bits per heavy atom. The van der Waals surface area contributed by atoms with E-state index in [1.807, 2.05) is 56.3 Å². The largest absolute Gasteiger partial charge is 0.336 e. The first-order valence-electron chi connectivity index (χ1n) is 10.0. The lowest BCUT2D eigenvalue weighted by molar-refractivity contribution is -0.131. The number of aromatic nitrogens is 1. The molecular weight excluding hydrogens is 394 g/mol. The number of hydrogen-bond acceptors (Lipinski definition) is 4. The molecule has 30 heavy (non-hydrogen) atoms. The number of nitrogens with zero attached hydrogens (tertiary/aromatic N) is 2. The molecule has 0 unspecified atom stereocenters. The third-order valence-corrected chi connectivity index (χ3v) is 5.94. The van der Waals surface area contributed by atoms with E-state index in [0.29, 0.717) is 0 Å². The van der Waals surface area contributed by atoms with Crippen molar-refractivity contribution in [3.63, 3.8) is 0 Å². The van der Waals surface area contributed by atoms with E-state index < -0.39 is 0 Å². The van der Waals surface area contributed by atoms with Crippen molar-refractivity contribution in [2.24, 2.45) is 0 Å². The van der Waals surface area contributed by atoms with E-state index in [1.165, 1.54) is 16.7 Å². The monoisotopic (exact) mass is 421 g/mol. The first-order valence-corrected chi connectivity index (χ1v) is 11.0. The van der Waals surface area contributed by atoms with Gasteiger partial charge in [0.1, 0.15) is 0 Å². The first-order chi connectivity index (χ1) is 14.4. The van der Waals surface area contributed by atoms with Gasteiger partial charge in [0, 0.05) is 18.1 Å². The highest BCUT2D eigenvalue weighted by molar-refractivity contribution is 7.99. The smallest absolute Gasteiger partial charge is 0.243 e. The Morgan fingerprint density at radius 1 is 1.07 bits per heavy atom. The lowest BCUT2D eigenvalue weighted by Crippen LogP contribution is -2.36. The number of aryl methyl sites for hydroxylation is 3. The van der Waals surface area contributed by atoms with Crippen LogP contribution >= 0.6 is 11.8 Å². The second-order valence-electron chi connectivity index (χ2n) is 7.35. The minimum atomic E-state index is -0.202. The van der Waals surface area contributed by atoms with Crippen molar-refractivity contribution >= 4 is 40.2 Å². The molecule has 0 bridgehead atoms. The number of carbonyl (C=O) groups excluding carboxylic acids is 2. The fraction of sp³-hybridized carbons (Fsp3) is 0.292. The summed E-state index contributed by atoms with van der Waals surface area (Å²) < 4.78 is 0. The maximum absolute atomic E-state index is 12.5. The molecule has 6 heteroatoms. The normalized spacial score (nSPS) is 10.8. The molecule has 3 aromatic rings. The Labute approximate surface area is 181 Å². The molecular formula is C24H27N3O2S. The molecule has 0 atom stereocenters. The van der Waals surface area contributed by atoms with Gasteiger partial charge in [-0.2, -0.15) is 0 Å². The van der Waals surface area contributed by atoms with Crippen LogP contribution in [0, 0.1) is 13.8 Å². The molecule has 2 aromatic carbocycles. The number of rotatable bonds is 7. The van der Waals surface area contributed by atoms with Gasteiger partial charge in [-0.3, -0.25) is 9.59 Å². The van der Waals surface area contributed by atoms with E-state index in [2.05, 4.69) is 18.3 Å². The number of amides is 2. The lowest BCUT2D eigenvalue weighted by atomic mass is 10.1. The number of thioether (sulfide) groups is 1. The van der Waals surface area contributed by atoms with E-state index in [-0.39, 0.29) is 24.1 Å². The third-order valence-electron chi connectivity index (χ3n) is 5.05. The quantitative estimate of drug-likeness (QED) is 0.566. The summed E-state index contributed by atoms with van der Waals surface area (Å²) in [6, 6.07) is 15.8. The number of carbonyl (C=O) groups is 2. The lowest BCUT2D eigenvalue weighted by Gasteiger charge is -2.17. The second-order valence-corrected chi connectivity index (χ2v) is 8.34. The zero-order chi connectivity index (χ0) is 21.7. The summed E-state index contributed by atoms with van der Waals surface area (Å²) in [4.78, 5) is 31.1. The van der Waals surface area contributed by atoms with E-state index in [9.17, 15) is 9.59 Å². The van der Waals surface area contributed by atoms with Crippen LogP contribution in [0.15, 0.2) is 53.6 Å². The van der Waals surface area contributed by atoms with Crippen molar-refractivity contribution < 1.29 is 9.59 Å². The van der Waals surface area contributed by atoms with E-state index in [0.717, 1.165) is 44.7 Å². The maximum Gasteiger partial charge on any atom is 0.243 e. The zero-order valence-electron chi connectivity index (χ0n) is 17.9. The molecule has 0 aliphatic carbocycles. The van der Waals surface area contributed by atoms with E-state index >= 15 is 0 Å². The highest BCUT2D eigenvalue weighted by Crippen LogP contribution is 2.25. The predicted octanol–water partition coefficient (Wildman–Crippen LogP) is 4.60. The number of likely N-dealkylation sites (N-methyl/N-ethyl adjacent to an activating group) is 1. The first kappa shape index (κ1) is 21.8. The van der Waals surface area contributed by atoms with Crippen molar-refractivity contribution in [3.05, 3.63) is 65.2 Å². The van der Waals surface area contributed by atoms with Crippen LogP contribution in [0.25, 0.3) is 10.9 Å². The van der Waals surface area contributed by atoms with Gasteiger partial charge in [0.15, 0.2) is 0 Å². The van der Waals surface area contributed by atoms with Crippen LogP contribution in [0.1, 0.15) is 23.6 Å². The van der Waals surface area contributed by atoms with Gasteiger partial charge in [-0.15, -0.1) is 0 Å². The number of benzene rings is 2. The summed E-state index contributed by atoms with van der Waals surface area (Å²) in [5, 5.41) is 4.85. The molecule has 0 fully saturated rings.